The van der Waals surface area contributed by atoms with Crippen molar-refractivity contribution < 1.29 is 0 Å². The number of allylic oxidation sites excluding steroid dienone is 5. The summed E-state index contributed by atoms with van der Waals surface area (Å²) in [6.45, 7) is 6.11. The SMILES string of the molecule is C=C1C=C(n2cc3ccc(SCC)nc3c(-c3ccc(Cl)cc3)c2=NC)C=CC1=N. The number of hydrogen-bond acceptors (Lipinski definition) is 4. The van der Waals surface area contributed by atoms with E-state index in [2.05, 4.69) is 30.6 Å². The van der Waals surface area contributed by atoms with Crippen LogP contribution in [-0.2, 0) is 0 Å². The van der Waals surface area contributed by atoms with Gasteiger partial charge in [0, 0.05) is 29.4 Å². The van der Waals surface area contributed by atoms with Gasteiger partial charge in [0.2, 0.25) is 0 Å². The van der Waals surface area contributed by atoms with Crippen LogP contribution >= 0.6 is 23.4 Å². The fourth-order valence-corrected chi connectivity index (χ4v) is 4.18. The zero-order valence-electron chi connectivity index (χ0n) is 16.8. The molecule has 0 fully saturated rings. The Balaban J connectivity index is 2.08. The first-order chi connectivity index (χ1) is 14.5. The normalized spacial score (nSPS) is 14.5. The van der Waals surface area contributed by atoms with Gasteiger partial charge in [0.15, 0.2) is 0 Å². The summed E-state index contributed by atoms with van der Waals surface area (Å²) in [5.41, 5.74) is 5.62. The van der Waals surface area contributed by atoms with E-state index in [1.54, 1.807) is 24.9 Å². The number of thioether (sulfide) groups is 1. The molecular formula is C24H21ClN4S. The van der Waals surface area contributed by atoms with Crippen molar-refractivity contribution in [1.29, 1.82) is 5.41 Å². The third kappa shape index (κ3) is 3.78. The fraction of sp³-hybridized carbons (Fsp3) is 0.125. The zero-order valence-corrected chi connectivity index (χ0v) is 18.4. The maximum absolute atomic E-state index is 7.95. The summed E-state index contributed by atoms with van der Waals surface area (Å²) >= 11 is 7.86. The van der Waals surface area contributed by atoms with E-state index >= 15 is 0 Å². The minimum absolute atomic E-state index is 0.413. The number of hydrogen-bond donors (Lipinski definition) is 1. The smallest absolute Gasteiger partial charge is 0.142 e. The first-order valence-corrected chi connectivity index (χ1v) is 10.9. The Hall–Kier alpha value is -2.89. The van der Waals surface area contributed by atoms with Crippen molar-refractivity contribution in [2.24, 2.45) is 4.99 Å². The third-order valence-electron chi connectivity index (χ3n) is 4.86. The van der Waals surface area contributed by atoms with Gasteiger partial charge in [0.1, 0.15) is 5.49 Å². The van der Waals surface area contributed by atoms with Crippen molar-refractivity contribution in [1.82, 2.24) is 9.55 Å². The van der Waals surface area contributed by atoms with Gasteiger partial charge in [-0.1, -0.05) is 37.2 Å². The summed E-state index contributed by atoms with van der Waals surface area (Å²) in [7, 11) is 1.78. The number of halogens is 1. The molecule has 0 saturated heterocycles. The molecule has 2 heterocycles. The van der Waals surface area contributed by atoms with Crippen LogP contribution in [0.5, 0.6) is 0 Å². The quantitative estimate of drug-likeness (QED) is 0.515. The molecule has 6 heteroatoms. The molecule has 0 spiro atoms. The zero-order chi connectivity index (χ0) is 21.3. The average Bonchev–Trinajstić information content (AvgIpc) is 2.75. The Morgan fingerprint density at radius 3 is 2.60 bits per heavy atom. The van der Waals surface area contributed by atoms with E-state index in [0.717, 1.165) is 44.0 Å². The first kappa shape index (κ1) is 20.4. The Bertz CT molecular complexity index is 1300. The van der Waals surface area contributed by atoms with Crippen molar-refractivity contribution in [3.8, 4) is 11.1 Å². The molecule has 0 radical (unpaired) electrons. The largest absolute Gasteiger partial charge is 0.301 e. The van der Waals surface area contributed by atoms with E-state index in [1.165, 1.54) is 0 Å². The van der Waals surface area contributed by atoms with Crippen molar-refractivity contribution >= 4 is 45.7 Å². The number of nitrogens with one attached hydrogen (secondary N) is 1. The van der Waals surface area contributed by atoms with Crippen LogP contribution in [-0.4, -0.2) is 28.1 Å². The van der Waals surface area contributed by atoms with Gasteiger partial charge in [0.25, 0.3) is 0 Å². The molecule has 0 amide bonds. The summed E-state index contributed by atoms with van der Waals surface area (Å²) in [5.74, 6) is 0.957. The van der Waals surface area contributed by atoms with Crippen LogP contribution in [0.3, 0.4) is 0 Å². The second kappa shape index (κ2) is 8.46. The number of benzene rings is 1. The van der Waals surface area contributed by atoms with Gasteiger partial charge in [-0.3, -0.25) is 4.99 Å². The summed E-state index contributed by atoms with van der Waals surface area (Å²) in [6.07, 6.45) is 7.62. The van der Waals surface area contributed by atoms with E-state index in [-0.39, 0.29) is 0 Å². The molecule has 1 aliphatic carbocycles. The molecule has 1 aromatic carbocycles. The highest BCUT2D eigenvalue weighted by Crippen LogP contribution is 2.29. The molecule has 150 valence electrons. The van der Waals surface area contributed by atoms with E-state index in [4.69, 9.17) is 22.0 Å². The maximum atomic E-state index is 7.95. The molecule has 4 nitrogen and oxygen atoms in total. The second-order valence-electron chi connectivity index (χ2n) is 6.79. The number of nitrogens with zero attached hydrogens (tertiary/aromatic N) is 3. The van der Waals surface area contributed by atoms with Crippen LogP contribution in [0, 0.1) is 5.41 Å². The van der Waals surface area contributed by atoms with Crippen LogP contribution in [0.15, 0.2) is 83.0 Å². The molecule has 1 aliphatic rings. The van der Waals surface area contributed by atoms with Gasteiger partial charge in [-0.15, -0.1) is 11.8 Å². The summed E-state index contributed by atoms with van der Waals surface area (Å²) in [5, 5.41) is 10.6. The maximum Gasteiger partial charge on any atom is 0.142 e. The van der Waals surface area contributed by atoms with Crippen molar-refractivity contribution in [2.75, 3.05) is 12.8 Å². The Morgan fingerprint density at radius 2 is 1.93 bits per heavy atom. The number of fused-ring (bicyclic) bond motifs is 1. The van der Waals surface area contributed by atoms with Gasteiger partial charge in [-0.25, -0.2) is 4.98 Å². The Labute approximate surface area is 184 Å². The van der Waals surface area contributed by atoms with Gasteiger partial charge in [0.05, 0.1) is 21.8 Å². The van der Waals surface area contributed by atoms with Gasteiger partial charge in [-0.2, -0.15) is 0 Å². The average molecular weight is 433 g/mol. The minimum Gasteiger partial charge on any atom is -0.301 e. The number of aromatic nitrogens is 2. The first-order valence-electron chi connectivity index (χ1n) is 9.57. The Kier molecular flexibility index (Phi) is 5.75. The van der Waals surface area contributed by atoms with E-state index in [0.29, 0.717) is 16.3 Å². The molecule has 0 saturated carbocycles. The van der Waals surface area contributed by atoms with Crippen LogP contribution in [0.1, 0.15) is 6.92 Å². The lowest BCUT2D eigenvalue weighted by atomic mass is 10.0. The standard InChI is InChI=1S/C24H21ClN4S/c1-4-30-21-12-7-17-14-29(19-10-11-20(26)15(2)13-19)24(27-3)22(23(17)28-21)16-5-8-18(25)9-6-16/h5-14,26H,2,4H2,1,3H3. The molecule has 0 atom stereocenters. The summed E-state index contributed by atoms with van der Waals surface area (Å²) < 4.78 is 2.04. The van der Waals surface area contributed by atoms with Crippen molar-refractivity contribution in [2.45, 2.75) is 11.9 Å². The monoisotopic (exact) mass is 432 g/mol. The number of rotatable bonds is 4. The lowest BCUT2D eigenvalue weighted by molar-refractivity contribution is 0.976. The third-order valence-corrected chi connectivity index (χ3v) is 5.93. The van der Waals surface area contributed by atoms with E-state index in [1.807, 2.05) is 47.2 Å². The van der Waals surface area contributed by atoms with Crippen molar-refractivity contribution in [3.05, 3.63) is 83.5 Å². The van der Waals surface area contributed by atoms with Crippen molar-refractivity contribution in [3.63, 3.8) is 0 Å². The van der Waals surface area contributed by atoms with Gasteiger partial charge < -0.3 is 9.98 Å². The van der Waals surface area contributed by atoms with Crippen LogP contribution < -0.4 is 5.49 Å². The topological polar surface area (TPSA) is 54.0 Å². The highest BCUT2D eigenvalue weighted by Gasteiger charge is 2.16. The lowest BCUT2D eigenvalue weighted by Crippen LogP contribution is -2.23. The second-order valence-corrected chi connectivity index (χ2v) is 8.51. The van der Waals surface area contributed by atoms with Crippen LogP contribution in [0.2, 0.25) is 5.02 Å². The summed E-state index contributed by atoms with van der Waals surface area (Å²) in [4.78, 5) is 9.59. The predicted molar refractivity (Wildman–Crippen MR) is 128 cm³/mol. The molecule has 30 heavy (non-hydrogen) atoms. The molecule has 2 aromatic heterocycles. The highest BCUT2D eigenvalue weighted by atomic mass is 35.5. The van der Waals surface area contributed by atoms with Gasteiger partial charge >= 0.3 is 0 Å². The van der Waals surface area contributed by atoms with Crippen LogP contribution in [0.25, 0.3) is 27.7 Å². The molecule has 0 bridgehead atoms. The molecule has 3 aromatic rings. The molecular weight excluding hydrogens is 412 g/mol. The minimum atomic E-state index is 0.413. The fourth-order valence-electron chi connectivity index (χ4n) is 3.44. The molecule has 1 N–H and O–H groups in total. The predicted octanol–water partition coefficient (Wildman–Crippen LogP) is 5.99. The lowest BCUT2D eigenvalue weighted by Gasteiger charge is -2.18. The van der Waals surface area contributed by atoms with Gasteiger partial charge in [-0.05, 0) is 59.4 Å². The highest BCUT2D eigenvalue weighted by molar-refractivity contribution is 7.99. The summed E-state index contributed by atoms with van der Waals surface area (Å²) in [6, 6.07) is 11.9. The molecule has 4 rings (SSSR count). The van der Waals surface area contributed by atoms with E-state index < -0.39 is 0 Å². The Morgan fingerprint density at radius 1 is 1.17 bits per heavy atom. The number of pyridine rings is 2. The molecule has 0 unspecified atom stereocenters. The van der Waals surface area contributed by atoms with Crippen LogP contribution in [0.4, 0.5) is 0 Å². The van der Waals surface area contributed by atoms with E-state index in [9.17, 15) is 0 Å². The molecule has 0 aliphatic heterocycles.